The van der Waals surface area contributed by atoms with Gasteiger partial charge in [0.1, 0.15) is 5.15 Å². The van der Waals surface area contributed by atoms with Gasteiger partial charge >= 0.3 is 0 Å². The highest BCUT2D eigenvalue weighted by atomic mass is 35.5. The van der Waals surface area contributed by atoms with Gasteiger partial charge in [0, 0.05) is 11.6 Å². The van der Waals surface area contributed by atoms with Crippen molar-refractivity contribution >= 4 is 11.6 Å². The molecule has 0 saturated carbocycles. The van der Waals surface area contributed by atoms with Crippen molar-refractivity contribution in [3.63, 3.8) is 0 Å². The highest BCUT2D eigenvalue weighted by Gasteiger charge is 2.15. The first-order valence-electron chi connectivity index (χ1n) is 4.69. The third-order valence-electron chi connectivity index (χ3n) is 2.49. The average Bonchev–Trinajstić information content (AvgIpc) is 2.19. The van der Waals surface area contributed by atoms with Crippen LogP contribution < -0.4 is 5.32 Å². The number of nitrogens with zero attached hydrogens (tertiary/aromatic N) is 1. The Morgan fingerprint density at radius 2 is 2.08 bits per heavy atom. The van der Waals surface area contributed by atoms with E-state index in [0.29, 0.717) is 11.1 Å². The Kier molecular flexibility index (Phi) is 2.81. The maximum Gasteiger partial charge on any atom is 0.129 e. The Morgan fingerprint density at radius 1 is 1.31 bits per heavy atom. The van der Waals surface area contributed by atoms with Crippen LogP contribution in [0.4, 0.5) is 0 Å². The smallest absolute Gasteiger partial charge is 0.129 e. The third kappa shape index (κ3) is 2.20. The van der Waals surface area contributed by atoms with E-state index in [4.69, 9.17) is 11.6 Å². The minimum absolute atomic E-state index is 0.597. The number of piperidine rings is 1. The van der Waals surface area contributed by atoms with Crippen LogP contribution in [0.3, 0.4) is 0 Å². The molecule has 0 radical (unpaired) electrons. The van der Waals surface area contributed by atoms with Crippen LogP contribution >= 0.6 is 11.6 Å². The van der Waals surface area contributed by atoms with Crippen LogP contribution in [-0.2, 0) is 0 Å². The van der Waals surface area contributed by atoms with Gasteiger partial charge in [0.2, 0.25) is 0 Å². The van der Waals surface area contributed by atoms with Crippen LogP contribution in [0.1, 0.15) is 24.5 Å². The molecule has 2 nitrogen and oxygen atoms in total. The van der Waals surface area contributed by atoms with Gasteiger partial charge in [-0.1, -0.05) is 17.7 Å². The summed E-state index contributed by atoms with van der Waals surface area (Å²) in [5.41, 5.74) is 1.15. The van der Waals surface area contributed by atoms with E-state index in [0.717, 1.165) is 18.8 Å². The summed E-state index contributed by atoms with van der Waals surface area (Å²) < 4.78 is 0. The summed E-state index contributed by atoms with van der Waals surface area (Å²) in [4.78, 5) is 4.33. The largest absolute Gasteiger partial charge is 0.317 e. The number of nitrogens with one attached hydrogen (secondary N) is 1. The Labute approximate surface area is 83.3 Å². The molecular formula is C10H13ClN2. The molecule has 3 heteroatoms. The summed E-state index contributed by atoms with van der Waals surface area (Å²) in [7, 11) is 0. The molecule has 0 aromatic carbocycles. The quantitative estimate of drug-likeness (QED) is 0.697. The van der Waals surface area contributed by atoms with E-state index in [-0.39, 0.29) is 0 Å². The molecule has 0 bridgehead atoms. The van der Waals surface area contributed by atoms with Crippen molar-refractivity contribution in [1.29, 1.82) is 0 Å². The molecule has 0 spiro atoms. The lowest BCUT2D eigenvalue weighted by atomic mass is 9.94. The Bertz CT molecular complexity index is 282. The summed E-state index contributed by atoms with van der Waals surface area (Å²) in [5, 5.41) is 3.95. The zero-order valence-corrected chi connectivity index (χ0v) is 8.22. The first-order chi connectivity index (χ1) is 6.36. The maximum atomic E-state index is 5.84. The van der Waals surface area contributed by atoms with Gasteiger partial charge < -0.3 is 5.32 Å². The molecule has 1 aromatic rings. The molecule has 1 aliphatic heterocycles. The molecule has 1 aromatic heterocycles. The van der Waals surface area contributed by atoms with Crippen molar-refractivity contribution in [2.75, 3.05) is 13.1 Å². The minimum Gasteiger partial charge on any atom is -0.317 e. The molecular weight excluding hydrogens is 184 g/mol. The molecule has 1 fully saturated rings. The predicted octanol–water partition coefficient (Wildman–Crippen LogP) is 2.20. The van der Waals surface area contributed by atoms with E-state index >= 15 is 0 Å². The van der Waals surface area contributed by atoms with Crippen LogP contribution in [0, 0.1) is 0 Å². The molecule has 1 saturated heterocycles. The topological polar surface area (TPSA) is 24.9 Å². The van der Waals surface area contributed by atoms with Gasteiger partial charge in [-0.3, -0.25) is 0 Å². The fraction of sp³-hybridized carbons (Fsp3) is 0.500. The molecule has 13 heavy (non-hydrogen) atoms. The lowest BCUT2D eigenvalue weighted by Crippen LogP contribution is -2.27. The van der Waals surface area contributed by atoms with Crippen molar-refractivity contribution in [3.8, 4) is 0 Å². The van der Waals surface area contributed by atoms with Gasteiger partial charge in [0.15, 0.2) is 0 Å². The highest BCUT2D eigenvalue weighted by Crippen LogP contribution is 2.24. The highest BCUT2D eigenvalue weighted by molar-refractivity contribution is 6.29. The van der Waals surface area contributed by atoms with Crippen LogP contribution in [0.5, 0.6) is 0 Å². The lowest BCUT2D eigenvalue weighted by Gasteiger charge is -2.21. The van der Waals surface area contributed by atoms with Crippen LogP contribution in [0.25, 0.3) is 0 Å². The number of hydrogen-bond acceptors (Lipinski definition) is 2. The number of rotatable bonds is 1. The van der Waals surface area contributed by atoms with Gasteiger partial charge in [-0.25, -0.2) is 4.98 Å². The molecule has 1 N–H and O–H groups in total. The summed E-state index contributed by atoms with van der Waals surface area (Å²) in [6.45, 7) is 2.19. The fourth-order valence-electron chi connectivity index (χ4n) is 1.77. The second-order valence-electron chi connectivity index (χ2n) is 3.41. The second-order valence-corrected chi connectivity index (χ2v) is 3.80. The first kappa shape index (κ1) is 8.97. The Balaban J connectivity index is 2.14. The first-order valence-corrected chi connectivity index (χ1v) is 5.07. The normalized spacial score (nSPS) is 18.8. The molecule has 0 aliphatic carbocycles. The number of pyridine rings is 1. The number of halogens is 1. The number of aromatic nitrogens is 1. The Morgan fingerprint density at radius 3 is 2.77 bits per heavy atom. The third-order valence-corrected chi connectivity index (χ3v) is 2.70. The van der Waals surface area contributed by atoms with E-state index in [2.05, 4.69) is 16.4 Å². The van der Waals surface area contributed by atoms with Gasteiger partial charge in [-0.15, -0.1) is 0 Å². The molecule has 0 unspecified atom stereocenters. The zero-order valence-electron chi connectivity index (χ0n) is 7.46. The zero-order chi connectivity index (χ0) is 9.10. The molecule has 0 amide bonds. The monoisotopic (exact) mass is 196 g/mol. The van der Waals surface area contributed by atoms with E-state index in [1.54, 1.807) is 0 Å². The maximum absolute atomic E-state index is 5.84. The van der Waals surface area contributed by atoms with Crippen LogP contribution in [-0.4, -0.2) is 18.1 Å². The van der Waals surface area contributed by atoms with E-state index < -0.39 is 0 Å². The summed E-state index contributed by atoms with van der Waals surface area (Å²) in [6, 6.07) is 5.88. The SMILES string of the molecule is Clc1cccc(C2CCNCC2)n1. The van der Waals surface area contributed by atoms with Crippen molar-refractivity contribution in [1.82, 2.24) is 10.3 Å². The predicted molar refractivity (Wildman–Crippen MR) is 54.1 cm³/mol. The van der Waals surface area contributed by atoms with Gasteiger partial charge in [-0.05, 0) is 38.1 Å². The van der Waals surface area contributed by atoms with Gasteiger partial charge in [-0.2, -0.15) is 0 Å². The summed E-state index contributed by atoms with van der Waals surface area (Å²) >= 11 is 5.84. The van der Waals surface area contributed by atoms with E-state index in [9.17, 15) is 0 Å². The van der Waals surface area contributed by atoms with E-state index in [1.807, 2.05) is 12.1 Å². The summed E-state index contributed by atoms with van der Waals surface area (Å²) in [5.74, 6) is 0.597. The van der Waals surface area contributed by atoms with Crippen molar-refractivity contribution in [2.45, 2.75) is 18.8 Å². The molecule has 1 aliphatic rings. The standard InChI is InChI=1S/C10H13ClN2/c11-10-3-1-2-9(13-10)8-4-6-12-7-5-8/h1-3,8,12H,4-7H2. The minimum atomic E-state index is 0.597. The van der Waals surface area contributed by atoms with Crippen molar-refractivity contribution < 1.29 is 0 Å². The van der Waals surface area contributed by atoms with Gasteiger partial charge in [0.25, 0.3) is 0 Å². The average molecular weight is 197 g/mol. The van der Waals surface area contributed by atoms with Gasteiger partial charge in [0.05, 0.1) is 0 Å². The molecule has 2 rings (SSSR count). The van der Waals surface area contributed by atoms with Crippen molar-refractivity contribution in [3.05, 3.63) is 29.0 Å². The van der Waals surface area contributed by atoms with E-state index in [1.165, 1.54) is 12.8 Å². The molecule has 2 heterocycles. The van der Waals surface area contributed by atoms with Crippen LogP contribution in [0.2, 0.25) is 5.15 Å². The Hall–Kier alpha value is -0.600. The molecule has 0 atom stereocenters. The second kappa shape index (κ2) is 4.07. The molecule has 70 valence electrons. The number of hydrogen-bond donors (Lipinski definition) is 1. The lowest BCUT2D eigenvalue weighted by molar-refractivity contribution is 0.453. The summed E-state index contributed by atoms with van der Waals surface area (Å²) in [6.07, 6.45) is 2.35. The van der Waals surface area contributed by atoms with Crippen molar-refractivity contribution in [2.24, 2.45) is 0 Å². The fourth-order valence-corrected chi connectivity index (χ4v) is 1.94. The van der Waals surface area contributed by atoms with Crippen LogP contribution in [0.15, 0.2) is 18.2 Å².